The SMILES string of the molecule is CCN(CC)CCn1c(NC(=O)COc2ccc(C)cc2OC)nc2ccccc21. The van der Waals surface area contributed by atoms with E-state index in [9.17, 15) is 4.79 Å². The zero-order valence-corrected chi connectivity index (χ0v) is 18.1. The van der Waals surface area contributed by atoms with E-state index in [0.717, 1.165) is 42.8 Å². The van der Waals surface area contributed by atoms with Crippen molar-refractivity contribution < 1.29 is 14.3 Å². The van der Waals surface area contributed by atoms with Gasteiger partial charge < -0.3 is 18.9 Å². The summed E-state index contributed by atoms with van der Waals surface area (Å²) >= 11 is 0. The molecule has 0 saturated carbocycles. The Balaban J connectivity index is 1.73. The summed E-state index contributed by atoms with van der Waals surface area (Å²) in [7, 11) is 1.58. The molecule has 0 saturated heterocycles. The molecule has 7 heteroatoms. The number of nitrogens with one attached hydrogen (secondary N) is 1. The highest BCUT2D eigenvalue weighted by molar-refractivity contribution is 5.92. The van der Waals surface area contributed by atoms with Gasteiger partial charge in [0.2, 0.25) is 5.95 Å². The second kappa shape index (κ2) is 10.1. The number of fused-ring (bicyclic) bond motifs is 1. The Kier molecular flexibility index (Phi) is 7.30. The van der Waals surface area contributed by atoms with Crippen LogP contribution in [0.4, 0.5) is 5.95 Å². The molecular formula is C23H30N4O3. The molecule has 1 amide bonds. The minimum absolute atomic E-state index is 0.126. The first-order valence-electron chi connectivity index (χ1n) is 10.3. The van der Waals surface area contributed by atoms with Crippen LogP contribution in [0, 0.1) is 6.92 Å². The Hall–Kier alpha value is -3.06. The molecule has 0 radical (unpaired) electrons. The third-order valence-electron chi connectivity index (χ3n) is 5.12. The molecule has 30 heavy (non-hydrogen) atoms. The number of para-hydroxylation sites is 2. The lowest BCUT2D eigenvalue weighted by atomic mass is 10.2. The van der Waals surface area contributed by atoms with Crippen molar-refractivity contribution >= 4 is 22.9 Å². The van der Waals surface area contributed by atoms with Crippen LogP contribution >= 0.6 is 0 Å². The summed E-state index contributed by atoms with van der Waals surface area (Å²) in [6.07, 6.45) is 0. The lowest BCUT2D eigenvalue weighted by molar-refractivity contribution is -0.118. The van der Waals surface area contributed by atoms with Crippen LogP contribution in [0.1, 0.15) is 19.4 Å². The van der Waals surface area contributed by atoms with Crippen LogP contribution in [-0.2, 0) is 11.3 Å². The first-order chi connectivity index (χ1) is 14.5. The van der Waals surface area contributed by atoms with Crippen LogP contribution in [-0.4, -0.2) is 53.7 Å². The second-order valence-electron chi connectivity index (χ2n) is 7.09. The highest BCUT2D eigenvalue weighted by Gasteiger charge is 2.15. The van der Waals surface area contributed by atoms with Crippen molar-refractivity contribution in [2.75, 3.05) is 38.7 Å². The molecule has 0 spiro atoms. The fraction of sp³-hybridized carbons (Fsp3) is 0.391. The molecule has 0 fully saturated rings. The third kappa shape index (κ3) is 5.10. The number of amides is 1. The van der Waals surface area contributed by atoms with Gasteiger partial charge in [-0.2, -0.15) is 0 Å². The number of benzene rings is 2. The summed E-state index contributed by atoms with van der Waals surface area (Å²) in [5, 5.41) is 2.91. The maximum Gasteiger partial charge on any atom is 0.264 e. The van der Waals surface area contributed by atoms with Gasteiger partial charge in [-0.15, -0.1) is 0 Å². The van der Waals surface area contributed by atoms with E-state index in [-0.39, 0.29) is 12.5 Å². The standard InChI is InChI=1S/C23H30N4O3/c1-5-26(6-2)13-14-27-19-10-8-7-9-18(19)24-23(27)25-22(28)16-30-20-12-11-17(3)15-21(20)29-4/h7-12,15H,5-6,13-14,16H2,1-4H3,(H,24,25,28). The minimum atomic E-state index is -0.267. The van der Waals surface area contributed by atoms with Gasteiger partial charge in [-0.3, -0.25) is 10.1 Å². The summed E-state index contributed by atoms with van der Waals surface area (Å²) in [5.74, 6) is 1.41. The highest BCUT2D eigenvalue weighted by Crippen LogP contribution is 2.27. The van der Waals surface area contributed by atoms with E-state index in [2.05, 4.69) is 33.6 Å². The van der Waals surface area contributed by atoms with Crippen LogP contribution in [0.25, 0.3) is 11.0 Å². The smallest absolute Gasteiger partial charge is 0.264 e. The number of rotatable bonds is 10. The molecule has 0 atom stereocenters. The van der Waals surface area contributed by atoms with Crippen molar-refractivity contribution in [3.05, 3.63) is 48.0 Å². The number of carbonyl (C=O) groups excluding carboxylic acids is 1. The van der Waals surface area contributed by atoms with Crippen molar-refractivity contribution in [2.45, 2.75) is 27.3 Å². The summed E-state index contributed by atoms with van der Waals surface area (Å²) < 4.78 is 13.1. The summed E-state index contributed by atoms with van der Waals surface area (Å²) in [4.78, 5) is 19.5. The number of methoxy groups -OCH3 is 1. The van der Waals surface area contributed by atoms with E-state index < -0.39 is 0 Å². The molecule has 0 aliphatic rings. The molecule has 7 nitrogen and oxygen atoms in total. The fourth-order valence-corrected chi connectivity index (χ4v) is 3.38. The summed E-state index contributed by atoms with van der Waals surface area (Å²) in [5.41, 5.74) is 2.92. The van der Waals surface area contributed by atoms with Crippen molar-refractivity contribution in [3.8, 4) is 11.5 Å². The van der Waals surface area contributed by atoms with Crippen molar-refractivity contribution in [1.29, 1.82) is 0 Å². The van der Waals surface area contributed by atoms with Gasteiger partial charge in [0.15, 0.2) is 18.1 Å². The third-order valence-corrected chi connectivity index (χ3v) is 5.12. The van der Waals surface area contributed by atoms with Crippen molar-refractivity contribution in [1.82, 2.24) is 14.5 Å². The second-order valence-corrected chi connectivity index (χ2v) is 7.09. The van der Waals surface area contributed by atoms with Crippen LogP contribution < -0.4 is 14.8 Å². The first-order valence-corrected chi connectivity index (χ1v) is 10.3. The molecule has 3 rings (SSSR count). The Morgan fingerprint density at radius 3 is 2.63 bits per heavy atom. The quantitative estimate of drug-likeness (QED) is 0.552. The van der Waals surface area contributed by atoms with Crippen molar-refractivity contribution in [3.63, 3.8) is 0 Å². The molecule has 160 valence electrons. The fourth-order valence-electron chi connectivity index (χ4n) is 3.38. The molecule has 1 aromatic heterocycles. The number of aromatic nitrogens is 2. The average Bonchev–Trinajstić information content (AvgIpc) is 3.10. The number of ether oxygens (including phenoxy) is 2. The number of carbonyl (C=O) groups is 1. The van der Waals surface area contributed by atoms with Gasteiger partial charge in [0.1, 0.15) is 0 Å². The lowest BCUT2D eigenvalue weighted by Gasteiger charge is -2.19. The van der Waals surface area contributed by atoms with Gasteiger partial charge in [0.05, 0.1) is 18.1 Å². The highest BCUT2D eigenvalue weighted by atomic mass is 16.5. The van der Waals surface area contributed by atoms with E-state index in [4.69, 9.17) is 9.47 Å². The molecular weight excluding hydrogens is 380 g/mol. The molecule has 3 aromatic rings. The Labute approximate surface area is 177 Å². The van der Waals surface area contributed by atoms with Crippen LogP contribution in [0.2, 0.25) is 0 Å². The average molecular weight is 411 g/mol. The predicted molar refractivity (Wildman–Crippen MR) is 119 cm³/mol. The normalized spacial score (nSPS) is 11.1. The van der Waals surface area contributed by atoms with Crippen LogP contribution in [0.15, 0.2) is 42.5 Å². The molecule has 2 aromatic carbocycles. The molecule has 1 heterocycles. The Bertz CT molecular complexity index is 995. The zero-order chi connectivity index (χ0) is 21.5. The Morgan fingerprint density at radius 1 is 1.13 bits per heavy atom. The summed E-state index contributed by atoms with van der Waals surface area (Å²) in [6.45, 7) is 9.73. The molecule has 0 unspecified atom stereocenters. The summed E-state index contributed by atoms with van der Waals surface area (Å²) in [6, 6.07) is 13.5. The molecule has 0 bridgehead atoms. The lowest BCUT2D eigenvalue weighted by Crippen LogP contribution is -2.28. The predicted octanol–water partition coefficient (Wildman–Crippen LogP) is 3.71. The number of nitrogens with zero attached hydrogens (tertiary/aromatic N) is 3. The molecule has 1 N–H and O–H groups in total. The first kappa shape index (κ1) is 21.6. The number of hydrogen-bond donors (Lipinski definition) is 1. The van der Waals surface area contributed by atoms with Gasteiger partial charge in [-0.1, -0.05) is 32.0 Å². The molecule has 0 aliphatic carbocycles. The van der Waals surface area contributed by atoms with E-state index in [0.29, 0.717) is 17.4 Å². The minimum Gasteiger partial charge on any atom is -0.493 e. The van der Waals surface area contributed by atoms with Gasteiger partial charge >= 0.3 is 0 Å². The van der Waals surface area contributed by atoms with Gasteiger partial charge in [-0.05, 0) is 49.8 Å². The van der Waals surface area contributed by atoms with Crippen LogP contribution in [0.5, 0.6) is 11.5 Å². The number of likely N-dealkylation sites (N-methyl/N-ethyl adjacent to an activating group) is 1. The van der Waals surface area contributed by atoms with E-state index in [1.54, 1.807) is 13.2 Å². The van der Waals surface area contributed by atoms with Crippen molar-refractivity contribution in [2.24, 2.45) is 0 Å². The van der Waals surface area contributed by atoms with Gasteiger partial charge in [0.25, 0.3) is 5.91 Å². The largest absolute Gasteiger partial charge is 0.493 e. The van der Waals surface area contributed by atoms with Crippen LogP contribution in [0.3, 0.4) is 0 Å². The maximum atomic E-state index is 12.6. The number of hydrogen-bond acceptors (Lipinski definition) is 5. The topological polar surface area (TPSA) is 68.6 Å². The molecule has 0 aliphatic heterocycles. The Morgan fingerprint density at radius 2 is 1.90 bits per heavy atom. The van der Waals surface area contributed by atoms with E-state index >= 15 is 0 Å². The zero-order valence-electron chi connectivity index (χ0n) is 18.1. The van der Waals surface area contributed by atoms with E-state index in [1.807, 2.05) is 43.3 Å². The number of imidazole rings is 1. The van der Waals surface area contributed by atoms with E-state index in [1.165, 1.54) is 0 Å². The number of anilines is 1. The maximum absolute atomic E-state index is 12.6. The number of aryl methyl sites for hydroxylation is 1. The van der Waals surface area contributed by atoms with Gasteiger partial charge in [-0.25, -0.2) is 4.98 Å². The monoisotopic (exact) mass is 410 g/mol. The van der Waals surface area contributed by atoms with Gasteiger partial charge in [0, 0.05) is 13.1 Å².